The Balaban J connectivity index is 3.44. The number of ether oxygens (including phenoxy) is 1. The second-order valence-electron chi connectivity index (χ2n) is 5.74. The molecular formula is C16H27NO. The van der Waals surface area contributed by atoms with Gasteiger partial charge in [0.05, 0.1) is 12.3 Å². The molecule has 0 N–H and O–H groups in total. The summed E-state index contributed by atoms with van der Waals surface area (Å²) >= 11 is 0. The van der Waals surface area contributed by atoms with E-state index in [1.54, 1.807) is 0 Å². The highest BCUT2D eigenvalue weighted by Gasteiger charge is 2.19. The molecule has 0 aromatic carbocycles. The van der Waals surface area contributed by atoms with E-state index in [-0.39, 0.29) is 0 Å². The van der Waals surface area contributed by atoms with Crippen LogP contribution >= 0.6 is 0 Å². The number of hydrogen-bond acceptors (Lipinski definition) is 2. The van der Waals surface area contributed by atoms with Gasteiger partial charge in [0.1, 0.15) is 5.75 Å². The Morgan fingerprint density at radius 2 is 1.61 bits per heavy atom. The molecule has 0 unspecified atom stereocenters. The first kappa shape index (κ1) is 15.0. The highest BCUT2D eigenvalue weighted by molar-refractivity contribution is 5.42. The first-order valence-corrected chi connectivity index (χ1v) is 7.05. The summed E-state index contributed by atoms with van der Waals surface area (Å²) in [5, 5.41) is 0. The van der Waals surface area contributed by atoms with Crippen LogP contribution < -0.4 is 4.74 Å². The molecule has 102 valence electrons. The second kappa shape index (κ2) is 6.21. The maximum Gasteiger partial charge on any atom is 0.126 e. The molecule has 0 fully saturated rings. The molecular weight excluding hydrogens is 222 g/mol. The van der Waals surface area contributed by atoms with Crippen LogP contribution in [0.3, 0.4) is 0 Å². The molecule has 2 heteroatoms. The molecule has 1 rings (SSSR count). The zero-order valence-corrected chi connectivity index (χ0v) is 12.9. The lowest BCUT2D eigenvalue weighted by molar-refractivity contribution is 0.333. The third kappa shape index (κ3) is 3.24. The van der Waals surface area contributed by atoms with Crippen molar-refractivity contribution in [2.75, 3.05) is 6.61 Å². The van der Waals surface area contributed by atoms with Gasteiger partial charge in [0.15, 0.2) is 0 Å². The van der Waals surface area contributed by atoms with Crippen molar-refractivity contribution in [1.29, 1.82) is 0 Å². The molecule has 18 heavy (non-hydrogen) atoms. The Morgan fingerprint density at radius 3 is 2.00 bits per heavy atom. The Morgan fingerprint density at radius 1 is 1.00 bits per heavy atom. The van der Waals surface area contributed by atoms with Crippen LogP contribution in [0.2, 0.25) is 0 Å². The van der Waals surface area contributed by atoms with Crippen molar-refractivity contribution < 1.29 is 4.74 Å². The van der Waals surface area contributed by atoms with Gasteiger partial charge >= 0.3 is 0 Å². The van der Waals surface area contributed by atoms with Crippen LogP contribution in [0, 0.1) is 0 Å². The molecule has 0 saturated carbocycles. The van der Waals surface area contributed by atoms with Gasteiger partial charge in [-0.15, -0.1) is 0 Å². The molecule has 0 radical (unpaired) electrons. The van der Waals surface area contributed by atoms with Gasteiger partial charge in [-0.3, -0.25) is 4.98 Å². The van der Waals surface area contributed by atoms with Crippen molar-refractivity contribution in [1.82, 2.24) is 4.98 Å². The molecule has 0 saturated heterocycles. The normalized spacial score (nSPS) is 11.7. The number of pyridine rings is 1. The maximum absolute atomic E-state index is 5.84. The highest BCUT2D eigenvalue weighted by Crippen LogP contribution is 2.35. The summed E-state index contributed by atoms with van der Waals surface area (Å²) < 4.78 is 5.84. The van der Waals surface area contributed by atoms with Crippen LogP contribution in [0.25, 0.3) is 0 Å². The summed E-state index contributed by atoms with van der Waals surface area (Å²) in [5.41, 5.74) is 3.60. The summed E-state index contributed by atoms with van der Waals surface area (Å²) in [4.78, 5) is 4.86. The number of nitrogens with zero attached hydrogens (tertiary/aromatic N) is 1. The molecule has 1 aromatic rings. The van der Waals surface area contributed by atoms with E-state index in [2.05, 4.69) is 47.6 Å². The smallest absolute Gasteiger partial charge is 0.126 e. The van der Waals surface area contributed by atoms with E-state index in [0.29, 0.717) is 24.4 Å². The average molecular weight is 249 g/mol. The van der Waals surface area contributed by atoms with Crippen molar-refractivity contribution in [3.05, 3.63) is 23.0 Å². The lowest BCUT2D eigenvalue weighted by Crippen LogP contribution is -2.09. The zero-order valence-electron chi connectivity index (χ0n) is 12.9. The Labute approximate surface area is 112 Å². The topological polar surface area (TPSA) is 22.1 Å². The largest absolute Gasteiger partial charge is 0.493 e. The third-order valence-corrected chi connectivity index (χ3v) is 3.09. The van der Waals surface area contributed by atoms with Crippen molar-refractivity contribution in [3.63, 3.8) is 0 Å². The molecule has 0 bridgehead atoms. The Hall–Kier alpha value is -1.05. The zero-order chi connectivity index (χ0) is 13.9. The van der Waals surface area contributed by atoms with Gasteiger partial charge in [-0.2, -0.15) is 0 Å². The standard InChI is InChI=1S/C16H27NO/c1-8-18-14-9-13(10(2)3)17-16(12(6)7)15(14)11(4)5/h9-12H,8H2,1-7H3. The summed E-state index contributed by atoms with van der Waals surface area (Å²) in [6, 6.07) is 2.12. The molecule has 0 amide bonds. The fourth-order valence-corrected chi connectivity index (χ4v) is 2.16. The van der Waals surface area contributed by atoms with Gasteiger partial charge < -0.3 is 4.74 Å². The molecule has 0 spiro atoms. The van der Waals surface area contributed by atoms with E-state index in [4.69, 9.17) is 9.72 Å². The molecule has 0 atom stereocenters. The van der Waals surface area contributed by atoms with Gasteiger partial charge in [0, 0.05) is 17.3 Å². The predicted octanol–water partition coefficient (Wildman–Crippen LogP) is 4.85. The summed E-state index contributed by atoms with van der Waals surface area (Å²) in [5.74, 6) is 2.33. The van der Waals surface area contributed by atoms with Crippen LogP contribution in [0.15, 0.2) is 6.07 Å². The monoisotopic (exact) mass is 249 g/mol. The van der Waals surface area contributed by atoms with E-state index in [1.165, 1.54) is 11.3 Å². The van der Waals surface area contributed by atoms with E-state index in [0.717, 1.165) is 11.4 Å². The van der Waals surface area contributed by atoms with Gasteiger partial charge in [-0.25, -0.2) is 0 Å². The molecule has 0 aliphatic carbocycles. The number of rotatable bonds is 5. The van der Waals surface area contributed by atoms with Crippen LogP contribution in [0.1, 0.15) is 83.2 Å². The van der Waals surface area contributed by atoms with Crippen LogP contribution in [-0.4, -0.2) is 11.6 Å². The van der Waals surface area contributed by atoms with Crippen LogP contribution in [-0.2, 0) is 0 Å². The molecule has 0 aliphatic heterocycles. The van der Waals surface area contributed by atoms with E-state index >= 15 is 0 Å². The quantitative estimate of drug-likeness (QED) is 0.744. The fourth-order valence-electron chi connectivity index (χ4n) is 2.16. The van der Waals surface area contributed by atoms with Crippen molar-refractivity contribution in [2.24, 2.45) is 0 Å². The van der Waals surface area contributed by atoms with Crippen LogP contribution in [0.4, 0.5) is 0 Å². The molecule has 2 nitrogen and oxygen atoms in total. The molecule has 0 aliphatic rings. The second-order valence-corrected chi connectivity index (χ2v) is 5.74. The minimum absolute atomic E-state index is 0.431. The van der Waals surface area contributed by atoms with Crippen molar-refractivity contribution in [3.8, 4) is 5.75 Å². The molecule has 1 aromatic heterocycles. The van der Waals surface area contributed by atoms with Gasteiger partial charge in [0.25, 0.3) is 0 Å². The number of aromatic nitrogens is 1. The first-order chi connectivity index (χ1) is 8.38. The van der Waals surface area contributed by atoms with E-state index in [1.807, 2.05) is 6.92 Å². The number of hydrogen-bond donors (Lipinski definition) is 0. The SMILES string of the molecule is CCOc1cc(C(C)C)nc(C(C)C)c1C(C)C. The molecule has 1 heterocycles. The van der Waals surface area contributed by atoms with Gasteiger partial charge in [-0.1, -0.05) is 41.5 Å². The Bertz CT molecular complexity index is 394. The predicted molar refractivity (Wildman–Crippen MR) is 77.7 cm³/mol. The summed E-state index contributed by atoms with van der Waals surface area (Å²) in [6.07, 6.45) is 0. The van der Waals surface area contributed by atoms with E-state index in [9.17, 15) is 0 Å². The van der Waals surface area contributed by atoms with Crippen LogP contribution in [0.5, 0.6) is 5.75 Å². The maximum atomic E-state index is 5.84. The first-order valence-electron chi connectivity index (χ1n) is 7.05. The van der Waals surface area contributed by atoms with Crippen molar-refractivity contribution in [2.45, 2.75) is 66.2 Å². The highest BCUT2D eigenvalue weighted by atomic mass is 16.5. The lowest BCUT2D eigenvalue weighted by atomic mass is 9.93. The van der Waals surface area contributed by atoms with Crippen molar-refractivity contribution >= 4 is 0 Å². The van der Waals surface area contributed by atoms with Gasteiger partial charge in [-0.05, 0) is 24.7 Å². The minimum atomic E-state index is 0.431. The Kier molecular flexibility index (Phi) is 5.18. The van der Waals surface area contributed by atoms with E-state index < -0.39 is 0 Å². The summed E-state index contributed by atoms with van der Waals surface area (Å²) in [6.45, 7) is 15.9. The minimum Gasteiger partial charge on any atom is -0.493 e. The average Bonchev–Trinajstić information content (AvgIpc) is 2.27. The third-order valence-electron chi connectivity index (χ3n) is 3.09. The fraction of sp³-hybridized carbons (Fsp3) is 0.688. The van der Waals surface area contributed by atoms with Gasteiger partial charge in [0.2, 0.25) is 0 Å². The summed E-state index contributed by atoms with van der Waals surface area (Å²) in [7, 11) is 0. The lowest BCUT2D eigenvalue weighted by Gasteiger charge is -2.21.